The van der Waals surface area contributed by atoms with E-state index in [4.69, 9.17) is 16.3 Å². The number of morpholine rings is 1. The van der Waals surface area contributed by atoms with Gasteiger partial charge in [-0.05, 0) is 36.5 Å². The molecule has 1 atom stereocenters. The molecule has 0 bridgehead atoms. The molecule has 0 amide bonds. The van der Waals surface area contributed by atoms with Gasteiger partial charge in [0.15, 0.2) is 0 Å². The van der Waals surface area contributed by atoms with Gasteiger partial charge >= 0.3 is 0 Å². The molecule has 0 aliphatic carbocycles. The summed E-state index contributed by atoms with van der Waals surface area (Å²) in [6.45, 7) is 7.24. The van der Waals surface area contributed by atoms with E-state index in [1.165, 1.54) is 0 Å². The molecule has 1 aromatic rings. The normalized spacial score (nSPS) is 16.8. The van der Waals surface area contributed by atoms with Crippen LogP contribution in [0, 0.1) is 0 Å². The van der Waals surface area contributed by atoms with Gasteiger partial charge in [-0.1, -0.05) is 6.92 Å². The van der Waals surface area contributed by atoms with Gasteiger partial charge in [0.05, 0.1) is 13.2 Å². The molecule has 118 valence electrons. The summed E-state index contributed by atoms with van der Waals surface area (Å²) < 4.78 is 5.34. The van der Waals surface area contributed by atoms with Crippen LogP contribution in [0.5, 0.6) is 0 Å². The van der Waals surface area contributed by atoms with E-state index < -0.39 is 0 Å². The molecule has 21 heavy (non-hydrogen) atoms. The maximum Gasteiger partial charge on any atom is 0.231 e. The van der Waals surface area contributed by atoms with E-state index in [-0.39, 0.29) is 5.28 Å². The summed E-state index contributed by atoms with van der Waals surface area (Å²) in [6.07, 6.45) is 1.06. The van der Waals surface area contributed by atoms with Crippen molar-refractivity contribution < 1.29 is 4.74 Å². The fourth-order valence-corrected chi connectivity index (χ4v) is 2.97. The van der Waals surface area contributed by atoms with Crippen molar-refractivity contribution in [1.29, 1.82) is 0 Å². The van der Waals surface area contributed by atoms with E-state index in [0.29, 0.717) is 31.2 Å². The Labute approximate surface area is 135 Å². The fourth-order valence-electron chi connectivity index (χ4n) is 2.01. The van der Waals surface area contributed by atoms with Crippen LogP contribution < -0.4 is 10.2 Å². The van der Waals surface area contributed by atoms with Crippen molar-refractivity contribution in [2.24, 2.45) is 0 Å². The SMILES string of the molecule is CCSCCC(C)Nc1nc(Cl)nc(N2CCOCC2)n1. The first kappa shape index (κ1) is 16.6. The Kier molecular flexibility index (Phi) is 6.79. The largest absolute Gasteiger partial charge is 0.378 e. The third-order valence-electron chi connectivity index (χ3n) is 3.17. The van der Waals surface area contributed by atoms with Gasteiger partial charge in [-0.15, -0.1) is 0 Å². The highest BCUT2D eigenvalue weighted by Crippen LogP contribution is 2.16. The third-order valence-corrected chi connectivity index (χ3v) is 4.27. The standard InChI is InChI=1S/C13H22ClN5OS/c1-3-21-9-4-10(2)15-12-16-11(14)17-13(18-12)19-5-7-20-8-6-19/h10H,3-9H2,1-2H3,(H,15,16,17,18). The van der Waals surface area contributed by atoms with Crippen LogP contribution in [0.25, 0.3) is 0 Å². The summed E-state index contributed by atoms with van der Waals surface area (Å²) in [5.41, 5.74) is 0. The number of thioether (sulfide) groups is 1. The summed E-state index contributed by atoms with van der Waals surface area (Å²) in [7, 11) is 0. The van der Waals surface area contributed by atoms with Gasteiger partial charge in [0.1, 0.15) is 0 Å². The number of halogens is 1. The molecule has 1 N–H and O–H groups in total. The second kappa shape index (κ2) is 8.60. The minimum atomic E-state index is 0.226. The zero-order valence-corrected chi connectivity index (χ0v) is 14.1. The second-order valence-corrected chi connectivity index (χ2v) is 6.59. The van der Waals surface area contributed by atoms with Gasteiger partial charge in [0.2, 0.25) is 17.2 Å². The average Bonchev–Trinajstić information content (AvgIpc) is 2.48. The Morgan fingerprint density at radius 1 is 1.33 bits per heavy atom. The molecule has 1 fully saturated rings. The Morgan fingerprint density at radius 2 is 2.10 bits per heavy atom. The molecular weight excluding hydrogens is 310 g/mol. The summed E-state index contributed by atoms with van der Waals surface area (Å²) in [5, 5.41) is 3.53. The van der Waals surface area contributed by atoms with Crippen LogP contribution in [0.4, 0.5) is 11.9 Å². The number of nitrogens with zero attached hydrogens (tertiary/aromatic N) is 4. The maximum atomic E-state index is 6.02. The van der Waals surface area contributed by atoms with Crippen LogP contribution in [-0.2, 0) is 4.74 Å². The molecule has 6 nitrogen and oxygen atoms in total. The number of hydrogen-bond acceptors (Lipinski definition) is 7. The van der Waals surface area contributed by atoms with Crippen molar-refractivity contribution in [2.45, 2.75) is 26.3 Å². The number of aromatic nitrogens is 3. The molecular formula is C13H22ClN5OS. The van der Waals surface area contributed by atoms with Gasteiger partial charge in [-0.2, -0.15) is 26.7 Å². The topological polar surface area (TPSA) is 63.2 Å². The van der Waals surface area contributed by atoms with Crippen LogP contribution in [0.15, 0.2) is 0 Å². The number of hydrogen-bond donors (Lipinski definition) is 1. The highest BCUT2D eigenvalue weighted by molar-refractivity contribution is 7.99. The van der Waals surface area contributed by atoms with E-state index >= 15 is 0 Å². The van der Waals surface area contributed by atoms with Crippen molar-refractivity contribution in [1.82, 2.24) is 15.0 Å². The number of anilines is 2. The molecule has 1 saturated heterocycles. The molecule has 1 unspecified atom stereocenters. The molecule has 0 spiro atoms. The minimum Gasteiger partial charge on any atom is -0.378 e. The van der Waals surface area contributed by atoms with Crippen LogP contribution >= 0.6 is 23.4 Å². The van der Waals surface area contributed by atoms with Crippen LogP contribution in [0.3, 0.4) is 0 Å². The highest BCUT2D eigenvalue weighted by Gasteiger charge is 2.16. The summed E-state index contributed by atoms with van der Waals surface area (Å²) in [4.78, 5) is 14.9. The Balaban J connectivity index is 1.97. The van der Waals surface area contributed by atoms with E-state index in [1.807, 2.05) is 11.8 Å². The van der Waals surface area contributed by atoms with Crippen LogP contribution in [0.1, 0.15) is 20.3 Å². The average molecular weight is 332 g/mol. The molecule has 1 aromatic heterocycles. The van der Waals surface area contributed by atoms with Crippen LogP contribution in [0.2, 0.25) is 5.28 Å². The van der Waals surface area contributed by atoms with E-state index in [9.17, 15) is 0 Å². The Hall–Kier alpha value is -0.790. The van der Waals surface area contributed by atoms with Crippen molar-refractivity contribution in [3.05, 3.63) is 5.28 Å². The number of rotatable bonds is 7. The summed E-state index contributed by atoms with van der Waals surface area (Å²) >= 11 is 7.95. The first-order valence-electron chi connectivity index (χ1n) is 7.27. The zero-order chi connectivity index (χ0) is 15.1. The van der Waals surface area contributed by atoms with Crippen LogP contribution in [-0.4, -0.2) is 58.8 Å². The van der Waals surface area contributed by atoms with Gasteiger partial charge in [-0.25, -0.2) is 0 Å². The fraction of sp³-hybridized carbons (Fsp3) is 0.769. The van der Waals surface area contributed by atoms with Crippen molar-refractivity contribution >= 4 is 35.3 Å². The third kappa shape index (κ3) is 5.48. The lowest BCUT2D eigenvalue weighted by Crippen LogP contribution is -2.37. The molecule has 0 radical (unpaired) electrons. The maximum absolute atomic E-state index is 6.02. The lowest BCUT2D eigenvalue weighted by molar-refractivity contribution is 0.122. The second-order valence-electron chi connectivity index (χ2n) is 4.86. The molecule has 2 heterocycles. The van der Waals surface area contributed by atoms with Crippen molar-refractivity contribution in [3.8, 4) is 0 Å². The Morgan fingerprint density at radius 3 is 2.81 bits per heavy atom. The molecule has 1 aliphatic heterocycles. The summed E-state index contributed by atoms with van der Waals surface area (Å²) in [6, 6.07) is 0.306. The molecule has 0 aromatic carbocycles. The molecule has 2 rings (SSSR count). The van der Waals surface area contributed by atoms with Crippen molar-refractivity contribution in [3.63, 3.8) is 0 Å². The lowest BCUT2D eigenvalue weighted by Gasteiger charge is -2.27. The van der Waals surface area contributed by atoms with Gasteiger partial charge in [0.25, 0.3) is 0 Å². The van der Waals surface area contributed by atoms with Gasteiger partial charge < -0.3 is 15.0 Å². The first-order valence-corrected chi connectivity index (χ1v) is 8.81. The molecule has 8 heteroatoms. The zero-order valence-electron chi connectivity index (χ0n) is 12.5. The highest BCUT2D eigenvalue weighted by atomic mass is 35.5. The quantitative estimate of drug-likeness (QED) is 0.769. The summed E-state index contributed by atoms with van der Waals surface area (Å²) in [5.74, 6) is 3.44. The van der Waals surface area contributed by atoms with Crippen molar-refractivity contribution in [2.75, 3.05) is 48.0 Å². The monoisotopic (exact) mass is 331 g/mol. The smallest absolute Gasteiger partial charge is 0.231 e. The van der Waals surface area contributed by atoms with Gasteiger partial charge in [-0.3, -0.25) is 0 Å². The first-order chi connectivity index (χ1) is 10.2. The van der Waals surface area contributed by atoms with E-state index in [2.05, 4.69) is 39.0 Å². The Bertz CT molecular complexity index is 445. The number of ether oxygens (including phenoxy) is 1. The number of nitrogens with one attached hydrogen (secondary N) is 1. The predicted octanol–water partition coefficient (Wildman–Crippen LogP) is 2.31. The minimum absolute atomic E-state index is 0.226. The molecule has 0 saturated carbocycles. The molecule has 1 aliphatic rings. The lowest BCUT2D eigenvalue weighted by atomic mass is 10.3. The van der Waals surface area contributed by atoms with E-state index in [1.54, 1.807) is 0 Å². The van der Waals surface area contributed by atoms with Gasteiger partial charge in [0, 0.05) is 19.1 Å². The van der Waals surface area contributed by atoms with E-state index in [0.717, 1.165) is 31.0 Å². The predicted molar refractivity (Wildman–Crippen MR) is 88.6 cm³/mol.